The summed E-state index contributed by atoms with van der Waals surface area (Å²) in [6, 6.07) is 11.4. The Bertz CT molecular complexity index is 928. The molecule has 0 saturated heterocycles. The number of aromatic amines is 1. The van der Waals surface area contributed by atoms with E-state index in [2.05, 4.69) is 11.9 Å². The van der Waals surface area contributed by atoms with Gasteiger partial charge in [-0.05, 0) is 31.0 Å². The van der Waals surface area contributed by atoms with Crippen LogP contribution in [0.1, 0.15) is 18.9 Å². The number of pyridine rings is 1. The monoisotopic (exact) mass is 323 g/mol. The molecule has 2 aromatic carbocycles. The number of para-hydroxylation sites is 1. The van der Waals surface area contributed by atoms with Gasteiger partial charge < -0.3 is 14.5 Å². The molecule has 0 spiro atoms. The van der Waals surface area contributed by atoms with Gasteiger partial charge in [-0.3, -0.25) is 4.79 Å². The van der Waals surface area contributed by atoms with Crippen molar-refractivity contribution in [1.29, 1.82) is 0 Å². The van der Waals surface area contributed by atoms with E-state index in [1.807, 2.05) is 43.3 Å². The van der Waals surface area contributed by atoms with Crippen LogP contribution in [0.3, 0.4) is 0 Å². The summed E-state index contributed by atoms with van der Waals surface area (Å²) >= 11 is 0. The number of fused-ring (bicyclic) bond motifs is 1. The van der Waals surface area contributed by atoms with Gasteiger partial charge in [0.15, 0.2) is 5.43 Å². The lowest BCUT2D eigenvalue weighted by Gasteiger charge is -2.12. The summed E-state index contributed by atoms with van der Waals surface area (Å²) in [6.45, 7) is 4.61. The highest BCUT2D eigenvalue weighted by atomic mass is 16.5. The number of rotatable bonds is 5. The van der Waals surface area contributed by atoms with Gasteiger partial charge in [0, 0.05) is 17.3 Å². The number of ether oxygens (including phenoxy) is 2. The first-order chi connectivity index (χ1) is 11.7. The molecule has 0 amide bonds. The fraction of sp³-hybridized carbons (Fsp3) is 0.250. The molecule has 124 valence electrons. The van der Waals surface area contributed by atoms with Crippen LogP contribution in [0.2, 0.25) is 0 Å². The lowest BCUT2D eigenvalue weighted by Crippen LogP contribution is -2.10. The zero-order chi connectivity index (χ0) is 17.1. The Balaban J connectivity index is 2.25. The van der Waals surface area contributed by atoms with Crippen molar-refractivity contribution in [2.24, 2.45) is 0 Å². The maximum absolute atomic E-state index is 13.1. The van der Waals surface area contributed by atoms with Crippen molar-refractivity contribution < 1.29 is 9.47 Å². The first kappa shape index (κ1) is 16.1. The average molecular weight is 323 g/mol. The molecule has 1 aromatic heterocycles. The van der Waals surface area contributed by atoms with Gasteiger partial charge in [0.25, 0.3) is 0 Å². The van der Waals surface area contributed by atoms with Gasteiger partial charge in [0.1, 0.15) is 11.5 Å². The van der Waals surface area contributed by atoms with E-state index in [1.165, 1.54) is 0 Å². The predicted octanol–water partition coefficient (Wildman–Crippen LogP) is 4.30. The van der Waals surface area contributed by atoms with E-state index in [-0.39, 0.29) is 5.43 Å². The van der Waals surface area contributed by atoms with E-state index < -0.39 is 0 Å². The van der Waals surface area contributed by atoms with E-state index in [9.17, 15) is 4.79 Å². The van der Waals surface area contributed by atoms with Gasteiger partial charge in [-0.2, -0.15) is 0 Å². The summed E-state index contributed by atoms with van der Waals surface area (Å²) in [5.41, 5.74) is 3.02. The van der Waals surface area contributed by atoms with Gasteiger partial charge in [-0.15, -0.1) is 0 Å². The minimum atomic E-state index is -0.0206. The van der Waals surface area contributed by atoms with E-state index in [0.717, 1.165) is 23.1 Å². The standard InChI is InChI=1S/C20H21NO3/c1-4-11-24-17-10-9-13(2)18-19(17)21-12-15(20(18)22)14-7-5-6-8-16(14)23-3/h5-10,12H,4,11H2,1-3H3,(H,21,22). The molecule has 4 nitrogen and oxygen atoms in total. The fourth-order valence-corrected chi connectivity index (χ4v) is 2.87. The van der Waals surface area contributed by atoms with Gasteiger partial charge in [-0.1, -0.05) is 31.2 Å². The highest BCUT2D eigenvalue weighted by molar-refractivity contribution is 5.91. The van der Waals surface area contributed by atoms with Crippen LogP contribution in [0, 0.1) is 6.92 Å². The summed E-state index contributed by atoms with van der Waals surface area (Å²) in [5.74, 6) is 1.39. The first-order valence-corrected chi connectivity index (χ1v) is 8.08. The van der Waals surface area contributed by atoms with E-state index in [4.69, 9.17) is 9.47 Å². The predicted molar refractivity (Wildman–Crippen MR) is 97.1 cm³/mol. The van der Waals surface area contributed by atoms with E-state index >= 15 is 0 Å². The summed E-state index contributed by atoms with van der Waals surface area (Å²) in [4.78, 5) is 16.4. The van der Waals surface area contributed by atoms with Crippen molar-refractivity contribution in [3.8, 4) is 22.6 Å². The van der Waals surface area contributed by atoms with E-state index in [1.54, 1.807) is 13.3 Å². The van der Waals surface area contributed by atoms with Crippen LogP contribution in [-0.4, -0.2) is 18.7 Å². The summed E-state index contributed by atoms with van der Waals surface area (Å²) < 4.78 is 11.2. The third-order valence-corrected chi connectivity index (χ3v) is 4.07. The summed E-state index contributed by atoms with van der Waals surface area (Å²) in [6.07, 6.45) is 2.65. The Kier molecular flexibility index (Phi) is 4.56. The molecule has 0 bridgehead atoms. The van der Waals surface area contributed by atoms with Crippen molar-refractivity contribution >= 4 is 10.9 Å². The van der Waals surface area contributed by atoms with Gasteiger partial charge in [0.2, 0.25) is 0 Å². The molecule has 0 fully saturated rings. The van der Waals surface area contributed by atoms with Crippen LogP contribution in [0.25, 0.3) is 22.0 Å². The molecule has 0 aliphatic rings. The zero-order valence-corrected chi connectivity index (χ0v) is 14.2. The number of nitrogens with one attached hydrogen (secondary N) is 1. The van der Waals surface area contributed by atoms with Crippen LogP contribution in [-0.2, 0) is 0 Å². The second-order valence-electron chi connectivity index (χ2n) is 5.71. The SMILES string of the molecule is CCCOc1ccc(C)c2c(=O)c(-c3ccccc3OC)c[nH]c12. The quantitative estimate of drug-likeness (QED) is 0.761. The minimum Gasteiger partial charge on any atom is -0.496 e. The topological polar surface area (TPSA) is 51.3 Å². The Morgan fingerprint density at radius 3 is 2.58 bits per heavy atom. The van der Waals surface area contributed by atoms with Gasteiger partial charge in [0.05, 0.1) is 24.6 Å². The molecular weight excluding hydrogens is 302 g/mol. The van der Waals surface area contributed by atoms with Crippen molar-refractivity contribution in [3.63, 3.8) is 0 Å². The van der Waals surface area contributed by atoms with Crippen molar-refractivity contribution in [2.45, 2.75) is 20.3 Å². The maximum Gasteiger partial charge on any atom is 0.197 e. The smallest absolute Gasteiger partial charge is 0.197 e. The normalized spacial score (nSPS) is 10.8. The first-order valence-electron chi connectivity index (χ1n) is 8.08. The molecule has 0 unspecified atom stereocenters. The van der Waals surface area contributed by atoms with Crippen LogP contribution in [0.5, 0.6) is 11.5 Å². The Morgan fingerprint density at radius 2 is 1.83 bits per heavy atom. The molecule has 3 aromatic rings. The van der Waals surface area contributed by atoms with Gasteiger partial charge in [-0.25, -0.2) is 0 Å². The molecule has 1 heterocycles. The fourth-order valence-electron chi connectivity index (χ4n) is 2.87. The zero-order valence-electron chi connectivity index (χ0n) is 14.2. The summed E-state index contributed by atoms with van der Waals surface area (Å²) in [5, 5.41) is 0.659. The molecule has 1 N–H and O–H groups in total. The molecular formula is C20H21NO3. The summed E-state index contributed by atoms with van der Waals surface area (Å²) in [7, 11) is 1.61. The highest BCUT2D eigenvalue weighted by Gasteiger charge is 2.15. The van der Waals surface area contributed by atoms with Crippen molar-refractivity contribution in [3.05, 3.63) is 58.4 Å². The maximum atomic E-state index is 13.1. The molecule has 0 atom stereocenters. The van der Waals surface area contributed by atoms with Crippen LogP contribution in [0.15, 0.2) is 47.4 Å². The van der Waals surface area contributed by atoms with Gasteiger partial charge >= 0.3 is 0 Å². The number of hydrogen-bond acceptors (Lipinski definition) is 3. The molecule has 24 heavy (non-hydrogen) atoms. The number of methoxy groups -OCH3 is 1. The molecule has 3 rings (SSSR count). The Morgan fingerprint density at radius 1 is 1.04 bits per heavy atom. The number of benzene rings is 2. The number of hydrogen-bond donors (Lipinski definition) is 1. The molecule has 4 heteroatoms. The minimum absolute atomic E-state index is 0.0206. The van der Waals surface area contributed by atoms with Crippen LogP contribution >= 0.6 is 0 Å². The van der Waals surface area contributed by atoms with Crippen molar-refractivity contribution in [1.82, 2.24) is 4.98 Å². The molecule has 0 aliphatic heterocycles. The number of aromatic nitrogens is 1. The van der Waals surface area contributed by atoms with Crippen LogP contribution < -0.4 is 14.9 Å². The Labute approximate surface area is 141 Å². The number of H-pyrrole nitrogens is 1. The second-order valence-corrected chi connectivity index (χ2v) is 5.71. The third kappa shape index (κ3) is 2.75. The Hall–Kier alpha value is -2.75. The average Bonchev–Trinajstić information content (AvgIpc) is 2.61. The highest BCUT2D eigenvalue weighted by Crippen LogP contribution is 2.30. The molecule has 0 radical (unpaired) electrons. The second kappa shape index (κ2) is 6.79. The number of aryl methyl sites for hydroxylation is 1. The lowest BCUT2D eigenvalue weighted by molar-refractivity contribution is 0.320. The van der Waals surface area contributed by atoms with Crippen molar-refractivity contribution in [2.75, 3.05) is 13.7 Å². The third-order valence-electron chi connectivity index (χ3n) is 4.07. The molecule has 0 aliphatic carbocycles. The van der Waals surface area contributed by atoms with Crippen LogP contribution in [0.4, 0.5) is 0 Å². The largest absolute Gasteiger partial charge is 0.496 e. The van der Waals surface area contributed by atoms with E-state index in [0.29, 0.717) is 29.1 Å². The lowest BCUT2D eigenvalue weighted by atomic mass is 10.0. The molecule has 0 saturated carbocycles.